The summed E-state index contributed by atoms with van der Waals surface area (Å²) in [6.45, 7) is 0.160. The smallest absolute Gasteiger partial charge is 0.416 e. The van der Waals surface area contributed by atoms with Gasteiger partial charge in [0.25, 0.3) is 5.56 Å². The number of hydrogen-bond donors (Lipinski definition) is 0. The average molecular weight is 399 g/mol. The molecular weight excluding hydrogens is 383 g/mol. The van der Waals surface area contributed by atoms with Crippen molar-refractivity contribution in [2.24, 2.45) is 0 Å². The highest BCUT2D eigenvalue weighted by molar-refractivity contribution is 5.66. The lowest BCUT2D eigenvalue weighted by atomic mass is 10.1. The Labute approximate surface area is 163 Å². The Morgan fingerprint density at radius 2 is 1.79 bits per heavy atom. The van der Waals surface area contributed by atoms with Crippen molar-refractivity contribution >= 4 is 5.52 Å². The van der Waals surface area contributed by atoms with Crippen LogP contribution in [0.4, 0.5) is 13.2 Å². The van der Waals surface area contributed by atoms with Crippen molar-refractivity contribution in [2.75, 3.05) is 7.11 Å². The molecule has 2 aromatic heterocycles. The Hall–Kier alpha value is -3.55. The Balaban J connectivity index is 1.66. The van der Waals surface area contributed by atoms with Crippen molar-refractivity contribution in [1.82, 2.24) is 14.2 Å². The summed E-state index contributed by atoms with van der Waals surface area (Å²) in [5.41, 5.74) is 1.39. The summed E-state index contributed by atoms with van der Waals surface area (Å²) >= 11 is 0. The summed E-state index contributed by atoms with van der Waals surface area (Å²) < 4.78 is 46.3. The first-order valence-electron chi connectivity index (χ1n) is 8.74. The summed E-state index contributed by atoms with van der Waals surface area (Å²) in [5.74, 6) is 0.680. The van der Waals surface area contributed by atoms with Gasteiger partial charge in [-0.3, -0.25) is 4.79 Å². The highest BCUT2D eigenvalue weighted by atomic mass is 19.4. The Morgan fingerprint density at radius 1 is 1.03 bits per heavy atom. The first-order chi connectivity index (χ1) is 13.8. The quantitative estimate of drug-likeness (QED) is 0.516. The number of benzene rings is 2. The van der Waals surface area contributed by atoms with Gasteiger partial charge in [0.2, 0.25) is 0 Å². The van der Waals surface area contributed by atoms with E-state index < -0.39 is 11.7 Å². The molecule has 0 radical (unpaired) electrons. The third kappa shape index (κ3) is 3.73. The Kier molecular flexibility index (Phi) is 4.62. The standard InChI is InChI=1S/C21H16F3N3O2/c1-29-17-4-2-3-15(11-17)18-12-19-20(28)26(9-10-27(19)25-18)13-14-5-7-16(8-6-14)21(22,23)24/h2-12H,13H2,1H3. The second-order valence-electron chi connectivity index (χ2n) is 6.52. The predicted octanol–water partition coefficient (Wildman–Crippen LogP) is 4.24. The molecule has 0 saturated carbocycles. The maximum absolute atomic E-state index is 12.8. The molecule has 0 aliphatic carbocycles. The van der Waals surface area contributed by atoms with Gasteiger partial charge in [-0.2, -0.15) is 18.3 Å². The zero-order chi connectivity index (χ0) is 20.6. The molecule has 2 aromatic carbocycles. The van der Waals surface area contributed by atoms with Gasteiger partial charge < -0.3 is 9.30 Å². The fourth-order valence-corrected chi connectivity index (χ4v) is 3.07. The van der Waals surface area contributed by atoms with E-state index in [1.807, 2.05) is 24.3 Å². The lowest BCUT2D eigenvalue weighted by Crippen LogP contribution is -2.21. The maximum Gasteiger partial charge on any atom is 0.416 e. The molecule has 0 spiro atoms. The SMILES string of the molecule is COc1cccc(-c2cc3c(=O)n(Cc4ccc(C(F)(F)F)cc4)ccn3n2)c1. The van der Waals surface area contributed by atoms with Gasteiger partial charge in [0.1, 0.15) is 11.3 Å². The number of methoxy groups -OCH3 is 1. The number of ether oxygens (including phenoxy) is 1. The van der Waals surface area contributed by atoms with E-state index in [1.54, 1.807) is 25.6 Å². The molecule has 5 nitrogen and oxygen atoms in total. The zero-order valence-electron chi connectivity index (χ0n) is 15.3. The number of hydrogen-bond acceptors (Lipinski definition) is 3. The van der Waals surface area contributed by atoms with Crippen LogP contribution in [0.5, 0.6) is 5.75 Å². The lowest BCUT2D eigenvalue weighted by molar-refractivity contribution is -0.137. The normalized spacial score (nSPS) is 11.7. The first kappa shape index (κ1) is 18.8. The van der Waals surface area contributed by atoms with E-state index in [-0.39, 0.29) is 12.1 Å². The van der Waals surface area contributed by atoms with E-state index in [2.05, 4.69) is 5.10 Å². The fourth-order valence-electron chi connectivity index (χ4n) is 3.07. The van der Waals surface area contributed by atoms with Crippen LogP contribution in [0, 0.1) is 0 Å². The predicted molar refractivity (Wildman–Crippen MR) is 102 cm³/mol. The molecule has 2 heterocycles. The largest absolute Gasteiger partial charge is 0.497 e. The van der Waals surface area contributed by atoms with Crippen LogP contribution in [0.2, 0.25) is 0 Å². The van der Waals surface area contributed by atoms with Gasteiger partial charge >= 0.3 is 6.18 Å². The number of halogens is 3. The van der Waals surface area contributed by atoms with Gasteiger partial charge in [-0.25, -0.2) is 4.52 Å². The summed E-state index contributed by atoms with van der Waals surface area (Å²) in [5, 5.41) is 4.43. The molecule has 8 heteroatoms. The molecule has 4 rings (SSSR count). The minimum atomic E-state index is -4.39. The highest BCUT2D eigenvalue weighted by Gasteiger charge is 2.29. The molecule has 0 amide bonds. The number of fused-ring (bicyclic) bond motifs is 1. The van der Waals surface area contributed by atoms with Gasteiger partial charge in [-0.15, -0.1) is 0 Å². The molecule has 0 atom stereocenters. The van der Waals surface area contributed by atoms with Crippen molar-refractivity contribution in [2.45, 2.75) is 12.7 Å². The van der Waals surface area contributed by atoms with Crippen molar-refractivity contribution in [3.8, 4) is 17.0 Å². The molecule has 0 N–H and O–H groups in total. The van der Waals surface area contributed by atoms with Gasteiger partial charge in [-0.05, 0) is 35.9 Å². The molecule has 29 heavy (non-hydrogen) atoms. The molecule has 0 aliphatic rings. The van der Waals surface area contributed by atoms with Crippen LogP contribution in [-0.4, -0.2) is 21.3 Å². The summed E-state index contributed by atoms with van der Waals surface area (Å²) in [4.78, 5) is 12.8. The third-order valence-corrected chi connectivity index (χ3v) is 4.60. The van der Waals surface area contributed by atoms with E-state index in [4.69, 9.17) is 4.74 Å². The van der Waals surface area contributed by atoms with Crippen LogP contribution in [0.3, 0.4) is 0 Å². The minimum absolute atomic E-state index is 0.160. The minimum Gasteiger partial charge on any atom is -0.497 e. The van der Waals surface area contributed by atoms with Crippen molar-refractivity contribution in [3.05, 3.63) is 88.5 Å². The van der Waals surface area contributed by atoms with Crippen LogP contribution in [0.1, 0.15) is 11.1 Å². The number of nitrogens with zero attached hydrogens (tertiary/aromatic N) is 3. The van der Waals surface area contributed by atoms with Crippen LogP contribution in [0.25, 0.3) is 16.8 Å². The van der Waals surface area contributed by atoms with E-state index in [0.717, 1.165) is 17.7 Å². The summed E-state index contributed by atoms with van der Waals surface area (Å²) in [6, 6.07) is 13.8. The van der Waals surface area contributed by atoms with Gasteiger partial charge in [0, 0.05) is 18.0 Å². The van der Waals surface area contributed by atoms with E-state index in [9.17, 15) is 18.0 Å². The second kappa shape index (κ2) is 7.12. The molecule has 4 aromatic rings. The number of rotatable bonds is 4. The third-order valence-electron chi connectivity index (χ3n) is 4.60. The Bertz CT molecular complexity index is 1220. The van der Waals surface area contributed by atoms with Crippen molar-refractivity contribution in [3.63, 3.8) is 0 Å². The highest BCUT2D eigenvalue weighted by Crippen LogP contribution is 2.29. The van der Waals surface area contributed by atoms with Crippen LogP contribution >= 0.6 is 0 Å². The molecule has 0 unspecified atom stereocenters. The van der Waals surface area contributed by atoms with Crippen molar-refractivity contribution in [1.29, 1.82) is 0 Å². The number of alkyl halides is 3. The van der Waals surface area contributed by atoms with Crippen LogP contribution in [-0.2, 0) is 12.7 Å². The van der Waals surface area contributed by atoms with E-state index in [0.29, 0.717) is 22.5 Å². The molecule has 0 saturated heterocycles. The molecule has 148 valence electrons. The Morgan fingerprint density at radius 3 is 2.48 bits per heavy atom. The van der Waals surface area contributed by atoms with Crippen LogP contribution < -0.4 is 10.3 Å². The summed E-state index contributed by atoms with van der Waals surface area (Å²) in [7, 11) is 1.57. The van der Waals surface area contributed by atoms with Gasteiger partial charge in [0.15, 0.2) is 0 Å². The monoisotopic (exact) mass is 399 g/mol. The molecular formula is C21H16F3N3O2. The van der Waals surface area contributed by atoms with Gasteiger partial charge in [-0.1, -0.05) is 24.3 Å². The molecule has 0 fully saturated rings. The summed E-state index contributed by atoms with van der Waals surface area (Å²) in [6.07, 6.45) is -1.18. The topological polar surface area (TPSA) is 48.5 Å². The number of aromatic nitrogens is 3. The second-order valence-corrected chi connectivity index (χ2v) is 6.52. The first-order valence-corrected chi connectivity index (χ1v) is 8.74. The van der Waals surface area contributed by atoms with Gasteiger partial charge in [0.05, 0.1) is 24.9 Å². The van der Waals surface area contributed by atoms with Crippen LogP contribution in [0.15, 0.2) is 71.8 Å². The molecule has 0 bridgehead atoms. The fraction of sp³-hybridized carbons (Fsp3) is 0.143. The van der Waals surface area contributed by atoms with E-state index in [1.165, 1.54) is 21.2 Å². The van der Waals surface area contributed by atoms with Crippen molar-refractivity contribution < 1.29 is 17.9 Å². The molecule has 0 aliphatic heterocycles. The lowest BCUT2D eigenvalue weighted by Gasteiger charge is -2.09. The van der Waals surface area contributed by atoms with E-state index >= 15 is 0 Å². The zero-order valence-corrected chi connectivity index (χ0v) is 15.3. The average Bonchev–Trinajstić information content (AvgIpc) is 3.15. The maximum atomic E-state index is 12.8.